The van der Waals surface area contributed by atoms with E-state index in [1.165, 1.54) is 0 Å². The Balaban J connectivity index is 0. The molecule has 0 aliphatic heterocycles. The summed E-state index contributed by atoms with van der Waals surface area (Å²) in [5.41, 5.74) is 0. The molecule has 4 heteroatoms. The van der Waals surface area contributed by atoms with E-state index in [0.717, 1.165) is 0 Å². The van der Waals surface area contributed by atoms with Crippen LogP contribution in [0, 0.1) is 41.3 Å². The maximum atomic E-state index is 0. The van der Waals surface area contributed by atoms with Crippen LogP contribution in [0.3, 0.4) is 0 Å². The van der Waals surface area contributed by atoms with Gasteiger partial charge in [0.2, 0.25) is 0 Å². The van der Waals surface area contributed by atoms with Gasteiger partial charge in [0.15, 0.2) is 0 Å². The van der Waals surface area contributed by atoms with Crippen LogP contribution in [-0.4, -0.2) is 16.4 Å². The Hall–Kier alpha value is 1.24. The molecule has 0 unspecified atom stereocenters. The predicted molar refractivity (Wildman–Crippen MR) is 10.8 cm³/mol. The summed E-state index contributed by atoms with van der Waals surface area (Å²) >= 11 is 0. The van der Waals surface area contributed by atoms with Gasteiger partial charge in [-0.1, -0.05) is 0 Å². The monoisotopic (exact) mass is 195 g/mol. The number of hydrogen-bond donors (Lipinski definition) is 0. The minimum Gasteiger partial charge on any atom is -0.412 e. The second kappa shape index (κ2) is 28.9. The van der Waals surface area contributed by atoms with Crippen molar-refractivity contribution in [1.29, 1.82) is 0 Å². The standard InChI is InChI=1S/3H2O.Pr/h3*1H2;. The fraction of sp³-hybridized carbons (Fsp3) is 0. The first kappa shape index (κ1) is 61.1. The maximum absolute atomic E-state index is 0. The van der Waals surface area contributed by atoms with Crippen molar-refractivity contribution in [1.82, 2.24) is 0 Å². The molecule has 0 amide bonds. The van der Waals surface area contributed by atoms with E-state index in [1.807, 2.05) is 0 Å². The Kier molecular flexibility index (Phi) is 441. The Bertz CT molecular complexity index is 3.25. The van der Waals surface area contributed by atoms with Gasteiger partial charge < -0.3 is 16.4 Å². The van der Waals surface area contributed by atoms with Gasteiger partial charge in [0, 0.05) is 41.3 Å². The van der Waals surface area contributed by atoms with Crippen LogP contribution in [0.4, 0.5) is 0 Å². The van der Waals surface area contributed by atoms with Gasteiger partial charge in [-0.2, -0.15) is 0 Å². The van der Waals surface area contributed by atoms with Gasteiger partial charge in [-0.25, -0.2) is 0 Å². The van der Waals surface area contributed by atoms with Gasteiger partial charge in [0.05, 0.1) is 0 Å². The first-order valence-corrected chi connectivity index (χ1v) is 0. The molecule has 4 heavy (non-hydrogen) atoms. The normalized spacial score (nSPS) is 0. The second-order valence-electron chi connectivity index (χ2n) is 0. The summed E-state index contributed by atoms with van der Waals surface area (Å²) < 4.78 is 0. The summed E-state index contributed by atoms with van der Waals surface area (Å²) in [5.74, 6) is 0. The van der Waals surface area contributed by atoms with E-state index in [2.05, 4.69) is 0 Å². The predicted octanol–water partition coefficient (Wildman–Crippen LogP) is -2.47. The molecule has 0 aliphatic carbocycles. The second-order valence-corrected chi connectivity index (χ2v) is 0. The largest absolute Gasteiger partial charge is 0.412 e. The van der Waals surface area contributed by atoms with E-state index in [1.54, 1.807) is 0 Å². The van der Waals surface area contributed by atoms with Crippen molar-refractivity contribution < 1.29 is 57.7 Å². The van der Waals surface area contributed by atoms with Gasteiger partial charge in [-0.3, -0.25) is 0 Å². The molecule has 0 aromatic carbocycles. The summed E-state index contributed by atoms with van der Waals surface area (Å²) in [7, 11) is 0. The van der Waals surface area contributed by atoms with E-state index in [4.69, 9.17) is 0 Å². The van der Waals surface area contributed by atoms with Crippen LogP contribution in [0.5, 0.6) is 0 Å². The van der Waals surface area contributed by atoms with Crippen LogP contribution in [0.15, 0.2) is 0 Å². The van der Waals surface area contributed by atoms with Crippen molar-refractivity contribution >= 4 is 0 Å². The summed E-state index contributed by atoms with van der Waals surface area (Å²) in [6.07, 6.45) is 0. The SMILES string of the molecule is O.O.O.[Pr]. The first-order valence-electron chi connectivity index (χ1n) is 0. The molecule has 0 heterocycles. The van der Waals surface area contributed by atoms with Gasteiger partial charge in [0.25, 0.3) is 0 Å². The Labute approximate surface area is 57.3 Å². The quantitative estimate of drug-likeness (QED) is 0.409. The summed E-state index contributed by atoms with van der Waals surface area (Å²) in [6, 6.07) is 0. The van der Waals surface area contributed by atoms with Crippen molar-refractivity contribution in [3.05, 3.63) is 0 Å². The molecule has 0 spiro atoms. The molecule has 27 valence electrons. The average molecular weight is 195 g/mol. The van der Waals surface area contributed by atoms with Crippen molar-refractivity contribution in [2.75, 3.05) is 0 Å². The van der Waals surface area contributed by atoms with Crippen molar-refractivity contribution in [2.24, 2.45) is 0 Å². The van der Waals surface area contributed by atoms with Gasteiger partial charge in [-0.05, 0) is 0 Å². The van der Waals surface area contributed by atoms with E-state index in [9.17, 15) is 0 Å². The molecule has 0 rings (SSSR count). The maximum Gasteiger partial charge on any atom is 0 e. The summed E-state index contributed by atoms with van der Waals surface area (Å²) in [5, 5.41) is 0. The van der Waals surface area contributed by atoms with Crippen molar-refractivity contribution in [3.63, 3.8) is 0 Å². The fourth-order valence-electron chi connectivity index (χ4n) is 0. The zero-order valence-corrected chi connectivity index (χ0v) is 5.78. The molecule has 0 atom stereocenters. The Morgan fingerprint density at radius 1 is 0.500 bits per heavy atom. The van der Waals surface area contributed by atoms with E-state index >= 15 is 0 Å². The van der Waals surface area contributed by atoms with Gasteiger partial charge in [0.1, 0.15) is 0 Å². The summed E-state index contributed by atoms with van der Waals surface area (Å²) in [4.78, 5) is 0. The Morgan fingerprint density at radius 2 is 0.500 bits per heavy atom. The smallest absolute Gasteiger partial charge is 0 e. The Morgan fingerprint density at radius 3 is 0.500 bits per heavy atom. The zero-order valence-electron chi connectivity index (χ0n) is 2.08. The minimum atomic E-state index is 0. The molecule has 0 fully saturated rings. The van der Waals surface area contributed by atoms with E-state index < -0.39 is 0 Å². The summed E-state index contributed by atoms with van der Waals surface area (Å²) in [6.45, 7) is 0. The molecule has 0 saturated carbocycles. The number of hydrogen-bond acceptors (Lipinski definition) is 0. The molecule has 0 saturated heterocycles. The zero-order chi connectivity index (χ0) is 0. The molecule has 0 aromatic heterocycles. The van der Waals surface area contributed by atoms with Crippen LogP contribution < -0.4 is 0 Å². The van der Waals surface area contributed by atoms with Crippen LogP contribution in [0.2, 0.25) is 0 Å². The number of rotatable bonds is 0. The van der Waals surface area contributed by atoms with Crippen molar-refractivity contribution in [2.45, 2.75) is 0 Å². The van der Waals surface area contributed by atoms with Crippen LogP contribution >= 0.6 is 0 Å². The molecular formula is H6O3Pr. The topological polar surface area (TPSA) is 94.5 Å². The third kappa shape index (κ3) is 10.6. The van der Waals surface area contributed by atoms with Crippen LogP contribution in [-0.2, 0) is 0 Å². The van der Waals surface area contributed by atoms with Gasteiger partial charge >= 0.3 is 0 Å². The molecular weight excluding hydrogens is 189 g/mol. The fourth-order valence-corrected chi connectivity index (χ4v) is 0. The molecule has 0 aliphatic rings. The third-order valence-corrected chi connectivity index (χ3v) is 0. The van der Waals surface area contributed by atoms with E-state index in [0.29, 0.717) is 0 Å². The van der Waals surface area contributed by atoms with Crippen molar-refractivity contribution in [3.8, 4) is 0 Å². The third-order valence-electron chi connectivity index (χ3n) is 0. The van der Waals surface area contributed by atoms with Crippen LogP contribution in [0.25, 0.3) is 0 Å². The molecule has 3 nitrogen and oxygen atoms in total. The van der Waals surface area contributed by atoms with E-state index in [-0.39, 0.29) is 57.7 Å². The molecule has 0 bridgehead atoms. The first-order chi connectivity index (χ1) is 0. The molecule has 0 aromatic rings. The van der Waals surface area contributed by atoms with Gasteiger partial charge in [-0.15, -0.1) is 0 Å². The minimum absolute atomic E-state index is 0. The van der Waals surface area contributed by atoms with Crippen LogP contribution in [0.1, 0.15) is 0 Å². The average Bonchev–Trinajstić information content (AvgIpc) is 0. The molecule has 6 N–H and O–H groups in total. The molecule has 1 radical (unpaired) electrons.